The molecule has 66 heavy (non-hydrogen) atoms. The Morgan fingerprint density at radius 1 is 0.455 bits per heavy atom. The van der Waals surface area contributed by atoms with E-state index in [1.165, 1.54) is 24.3 Å². The maximum Gasteiger partial charge on any atom is 0.147 e. The van der Waals surface area contributed by atoms with Gasteiger partial charge in [-0.2, -0.15) is 0 Å². The fraction of sp³-hybridized carbons (Fsp3) is 0.172. The number of hydrogen-bond donors (Lipinski definition) is 2. The number of aromatic nitrogens is 2. The van der Waals surface area contributed by atoms with E-state index >= 15 is 8.78 Å². The maximum atomic E-state index is 15.2. The quantitative estimate of drug-likeness (QED) is 0.144. The van der Waals surface area contributed by atoms with Crippen LogP contribution in [-0.4, -0.2) is 32.6 Å². The van der Waals surface area contributed by atoms with Gasteiger partial charge >= 0.3 is 0 Å². The average Bonchev–Trinajstić information content (AvgIpc) is 3.85. The van der Waals surface area contributed by atoms with E-state index in [1.807, 2.05) is 111 Å². The predicted octanol–water partition coefficient (Wildman–Crippen LogP) is 14.8. The summed E-state index contributed by atoms with van der Waals surface area (Å²) in [5, 5.41) is 28.6. The van der Waals surface area contributed by atoms with Crippen LogP contribution in [0, 0.1) is 37.3 Å². The number of benzene rings is 8. The minimum absolute atomic E-state index is 0.0310. The van der Waals surface area contributed by atoms with Crippen LogP contribution in [0.1, 0.15) is 36.8 Å². The topological polar surface area (TPSA) is 68.8 Å². The van der Waals surface area contributed by atoms with Crippen LogP contribution in [0.3, 0.4) is 0 Å². The van der Waals surface area contributed by atoms with E-state index in [2.05, 4.69) is 33.4 Å². The lowest BCUT2D eigenvalue weighted by Crippen LogP contribution is -2.30. The Bertz CT molecular complexity index is 3160. The van der Waals surface area contributed by atoms with Crippen LogP contribution in [0.5, 0.6) is 23.0 Å². The van der Waals surface area contributed by atoms with Crippen molar-refractivity contribution in [2.24, 2.45) is 11.8 Å². The van der Waals surface area contributed by atoms with Gasteiger partial charge in [0.15, 0.2) is 0 Å². The molecule has 1 saturated carbocycles. The van der Waals surface area contributed by atoms with E-state index in [9.17, 15) is 10.2 Å². The summed E-state index contributed by atoms with van der Waals surface area (Å²) in [5.74, 6) is 0.362. The molecule has 0 aliphatic heterocycles. The Morgan fingerprint density at radius 2 is 0.803 bits per heavy atom. The fourth-order valence-electron chi connectivity index (χ4n) is 10.4. The minimum Gasteiger partial charge on any atom is -0.505 e. The first-order valence-electron chi connectivity index (χ1n) is 22.7. The summed E-state index contributed by atoms with van der Waals surface area (Å²) in [7, 11) is 0. The smallest absolute Gasteiger partial charge is 0.147 e. The first-order chi connectivity index (χ1) is 32.2. The highest BCUT2D eigenvalue weighted by atomic mass is 19.1. The van der Waals surface area contributed by atoms with Crippen LogP contribution in [0.25, 0.3) is 77.2 Å². The summed E-state index contributed by atoms with van der Waals surface area (Å²) in [6, 6.07) is 49.2. The third kappa shape index (κ3) is 7.17. The Morgan fingerprint density at radius 3 is 1.17 bits per heavy atom. The molecule has 0 spiro atoms. The molecular formula is C58H48F2N2O4. The van der Waals surface area contributed by atoms with Crippen molar-refractivity contribution in [3.8, 4) is 56.6 Å². The molecule has 1 aliphatic carbocycles. The standard InChI is InChI=1S/C58H48F2N2O4/c1-35-27-47(57(63)53(29-35)61-49-19-9-5-15-41(49)42-16-6-10-20-50(42)61)45-31-39(59)23-25-55(45)65-33-37-13-3-4-14-38(37)34-66-56-26-24-40(60)32-46(56)48-28-36(2)30-54(58(48)64)62-51-21-11-7-17-43(51)44-18-8-12-22-52(44)62/h5-12,15-32,37-38,63-64H,3-4,13-14,33-34H2,1-2H3/t37-,38?/m1/s1. The van der Waals surface area contributed by atoms with Crippen molar-refractivity contribution in [1.82, 2.24) is 9.13 Å². The molecule has 328 valence electrons. The molecule has 8 aromatic carbocycles. The summed E-state index contributed by atoms with van der Waals surface area (Å²) >= 11 is 0. The number of halogens is 2. The zero-order valence-electron chi connectivity index (χ0n) is 36.8. The van der Waals surface area contributed by atoms with Crippen LogP contribution >= 0.6 is 0 Å². The van der Waals surface area contributed by atoms with E-state index in [1.54, 1.807) is 12.1 Å². The number of fused-ring (bicyclic) bond motifs is 6. The number of para-hydroxylation sites is 4. The monoisotopic (exact) mass is 874 g/mol. The van der Waals surface area contributed by atoms with Crippen molar-refractivity contribution >= 4 is 43.6 Å². The molecule has 2 N–H and O–H groups in total. The molecule has 1 aliphatic rings. The average molecular weight is 875 g/mol. The highest BCUT2D eigenvalue weighted by Gasteiger charge is 2.29. The summed E-state index contributed by atoms with van der Waals surface area (Å²) < 4.78 is 47.9. The Balaban J connectivity index is 0.885. The van der Waals surface area contributed by atoms with Gasteiger partial charge in [0.05, 0.1) is 46.7 Å². The maximum absolute atomic E-state index is 15.2. The molecule has 10 aromatic rings. The van der Waals surface area contributed by atoms with Gasteiger partial charge in [0.25, 0.3) is 0 Å². The van der Waals surface area contributed by atoms with E-state index in [0.717, 1.165) is 80.4 Å². The first-order valence-corrected chi connectivity index (χ1v) is 22.7. The van der Waals surface area contributed by atoms with Gasteiger partial charge < -0.3 is 28.8 Å². The summed E-state index contributed by atoms with van der Waals surface area (Å²) in [6.07, 6.45) is 3.89. The number of aryl methyl sites for hydroxylation is 2. The number of nitrogens with zero attached hydrogens (tertiary/aromatic N) is 2. The van der Waals surface area contributed by atoms with Gasteiger partial charge in [0.1, 0.15) is 34.6 Å². The lowest BCUT2D eigenvalue weighted by Gasteiger charge is -2.32. The summed E-state index contributed by atoms with van der Waals surface area (Å²) in [6.45, 7) is 4.67. The van der Waals surface area contributed by atoms with Gasteiger partial charge in [-0.25, -0.2) is 8.78 Å². The molecular weight excluding hydrogens is 827 g/mol. The van der Waals surface area contributed by atoms with Crippen LogP contribution in [-0.2, 0) is 0 Å². The van der Waals surface area contributed by atoms with Gasteiger partial charge in [-0.1, -0.05) is 85.6 Å². The molecule has 6 nitrogen and oxygen atoms in total. The number of phenolic OH excluding ortho intramolecular Hbond substituents is 2. The minimum atomic E-state index is -0.433. The predicted molar refractivity (Wildman–Crippen MR) is 262 cm³/mol. The van der Waals surface area contributed by atoms with Crippen LogP contribution < -0.4 is 9.47 Å². The SMILES string of the molecule is Cc1cc(-c2cc(F)ccc2OCC2CCCC[C@@H]2COc2ccc(F)cc2-c2cc(C)cc(-n3c4ccccc4c4ccccc43)c2O)c(O)c(-n2c3ccccc3c3ccccc32)c1. The molecule has 1 fully saturated rings. The van der Waals surface area contributed by atoms with Gasteiger partial charge in [-0.05, 0) is 135 Å². The molecule has 1 unspecified atom stereocenters. The van der Waals surface area contributed by atoms with Crippen LogP contribution in [0.4, 0.5) is 8.78 Å². The van der Waals surface area contributed by atoms with E-state index in [4.69, 9.17) is 9.47 Å². The second kappa shape index (κ2) is 16.8. The first kappa shape index (κ1) is 41.1. The van der Waals surface area contributed by atoms with E-state index < -0.39 is 11.6 Å². The largest absolute Gasteiger partial charge is 0.505 e. The van der Waals surface area contributed by atoms with Gasteiger partial charge in [0, 0.05) is 43.8 Å². The molecule has 2 atom stereocenters. The second-order valence-electron chi connectivity index (χ2n) is 17.8. The second-order valence-corrected chi connectivity index (χ2v) is 17.8. The molecule has 2 aromatic heterocycles. The highest BCUT2D eigenvalue weighted by Crippen LogP contribution is 2.46. The van der Waals surface area contributed by atoms with Crippen molar-refractivity contribution < 1.29 is 28.5 Å². The van der Waals surface area contributed by atoms with Crippen molar-refractivity contribution in [2.45, 2.75) is 39.5 Å². The fourth-order valence-corrected chi connectivity index (χ4v) is 10.4. The molecule has 0 radical (unpaired) electrons. The lowest BCUT2D eigenvalue weighted by molar-refractivity contribution is 0.105. The molecule has 11 rings (SSSR count). The highest BCUT2D eigenvalue weighted by molar-refractivity contribution is 6.10. The molecule has 8 heteroatoms. The van der Waals surface area contributed by atoms with Crippen LogP contribution in [0.15, 0.2) is 158 Å². The van der Waals surface area contributed by atoms with Gasteiger partial charge in [0.2, 0.25) is 0 Å². The van der Waals surface area contributed by atoms with Crippen molar-refractivity contribution in [3.05, 3.63) is 180 Å². The summed E-state index contributed by atoms with van der Waals surface area (Å²) in [4.78, 5) is 0. The Hall–Kier alpha value is -7.58. The Labute approximate surface area is 381 Å². The van der Waals surface area contributed by atoms with Crippen molar-refractivity contribution in [3.63, 3.8) is 0 Å². The normalized spacial score (nSPS) is 15.3. The lowest BCUT2D eigenvalue weighted by atomic mass is 9.80. The third-order valence-electron chi connectivity index (χ3n) is 13.5. The van der Waals surface area contributed by atoms with Gasteiger partial charge in [-0.15, -0.1) is 0 Å². The van der Waals surface area contributed by atoms with E-state index in [0.29, 0.717) is 58.3 Å². The number of hydrogen-bond acceptors (Lipinski definition) is 4. The van der Waals surface area contributed by atoms with Crippen molar-refractivity contribution in [1.29, 1.82) is 0 Å². The number of ether oxygens (including phenoxy) is 2. The molecule has 0 saturated heterocycles. The number of rotatable bonds is 10. The number of phenols is 2. The van der Waals surface area contributed by atoms with Crippen molar-refractivity contribution in [2.75, 3.05) is 13.2 Å². The Kier molecular flexibility index (Phi) is 10.5. The molecule has 0 bridgehead atoms. The zero-order valence-corrected chi connectivity index (χ0v) is 36.8. The third-order valence-corrected chi connectivity index (χ3v) is 13.5. The van der Waals surface area contributed by atoms with Gasteiger partial charge in [-0.3, -0.25) is 0 Å². The molecule has 2 heterocycles. The zero-order chi connectivity index (χ0) is 45.1. The summed E-state index contributed by atoms with van der Waals surface area (Å²) in [5.41, 5.74) is 8.74. The van der Waals surface area contributed by atoms with E-state index in [-0.39, 0.29) is 23.3 Å². The molecule has 0 amide bonds. The number of aromatic hydroxyl groups is 2. The van der Waals surface area contributed by atoms with Crippen LogP contribution in [0.2, 0.25) is 0 Å².